The van der Waals surface area contributed by atoms with Crippen LogP contribution in [0, 0.1) is 31.1 Å². The molecule has 5 heteroatoms. The molecule has 178 valence electrons. The monoisotopic (exact) mass is 447 g/mol. The van der Waals surface area contributed by atoms with Gasteiger partial charge in [0.15, 0.2) is 0 Å². The summed E-state index contributed by atoms with van der Waals surface area (Å²) >= 11 is 0. The summed E-state index contributed by atoms with van der Waals surface area (Å²) in [6.45, 7) is 22.4. The van der Waals surface area contributed by atoms with E-state index in [0.717, 1.165) is 68.7 Å². The third-order valence-electron chi connectivity index (χ3n) is 5.94. The molecule has 0 spiro atoms. The summed E-state index contributed by atoms with van der Waals surface area (Å²) in [6.07, 6.45) is 0. The topological polar surface area (TPSA) is 35.5 Å². The van der Waals surface area contributed by atoms with Gasteiger partial charge in [0.05, 0.1) is 6.54 Å². The molecule has 0 saturated carbocycles. The molecule has 1 saturated heterocycles. The lowest BCUT2D eigenvalue weighted by Crippen LogP contribution is -2.48. The largest absolute Gasteiger partial charge is 0.352 e. The van der Waals surface area contributed by atoms with Crippen LogP contribution in [0.4, 0.5) is 5.82 Å². The Labute approximate surface area is 201 Å². The van der Waals surface area contributed by atoms with Crippen molar-refractivity contribution in [1.82, 2.24) is 19.8 Å². The Morgan fingerprint density at radius 2 is 1.67 bits per heavy atom. The molecule has 5 nitrogen and oxygen atoms in total. The third-order valence-corrected chi connectivity index (χ3v) is 5.94. The summed E-state index contributed by atoms with van der Waals surface area (Å²) in [5.41, 5.74) is 3.52. The predicted molar refractivity (Wildman–Crippen MR) is 138 cm³/mol. The first-order chi connectivity index (χ1) is 15.6. The Bertz CT molecular complexity index is 934. The molecule has 1 aromatic heterocycles. The highest BCUT2D eigenvalue weighted by Crippen LogP contribution is 2.23. The quantitative estimate of drug-likeness (QED) is 0.608. The van der Waals surface area contributed by atoms with Crippen molar-refractivity contribution in [3.63, 3.8) is 0 Å². The second-order valence-corrected chi connectivity index (χ2v) is 10.7. The maximum atomic E-state index is 4.72. The number of hydrogen-bond donors (Lipinski definition) is 0. The van der Waals surface area contributed by atoms with Gasteiger partial charge in [-0.2, -0.15) is 0 Å². The van der Waals surface area contributed by atoms with Crippen LogP contribution in [0.2, 0.25) is 0 Å². The van der Waals surface area contributed by atoms with Gasteiger partial charge in [-0.25, -0.2) is 9.97 Å². The van der Waals surface area contributed by atoms with E-state index in [9.17, 15) is 0 Å². The summed E-state index contributed by atoms with van der Waals surface area (Å²) in [5.74, 6) is 8.54. The van der Waals surface area contributed by atoms with Crippen LogP contribution < -0.4 is 4.90 Å². The van der Waals surface area contributed by atoms with Gasteiger partial charge in [-0.1, -0.05) is 44.7 Å². The Hall–Kier alpha value is -2.42. The Balaban J connectivity index is 1.62. The molecule has 33 heavy (non-hydrogen) atoms. The van der Waals surface area contributed by atoms with Gasteiger partial charge in [0, 0.05) is 62.6 Å². The predicted octanol–water partition coefficient (Wildman–Crippen LogP) is 4.52. The van der Waals surface area contributed by atoms with Crippen LogP contribution >= 0.6 is 0 Å². The fourth-order valence-electron chi connectivity index (χ4n) is 4.25. The lowest BCUT2D eigenvalue weighted by molar-refractivity contribution is 0.118. The SMILES string of the molecule is Cc1cc(N(Cc2ccc(C#CCN3CCN(C(C)C)CC3)cc2)CC(C)(C)C)nc(C)n1. The number of aryl methyl sites for hydroxylation is 2. The van der Waals surface area contributed by atoms with Crippen LogP contribution in [0.3, 0.4) is 0 Å². The van der Waals surface area contributed by atoms with Gasteiger partial charge < -0.3 is 4.90 Å². The zero-order valence-electron chi connectivity index (χ0n) is 21.6. The highest BCUT2D eigenvalue weighted by Gasteiger charge is 2.19. The molecule has 1 aliphatic rings. The van der Waals surface area contributed by atoms with Crippen molar-refractivity contribution in [2.45, 2.75) is 61.1 Å². The van der Waals surface area contributed by atoms with Crippen LogP contribution in [0.1, 0.15) is 57.3 Å². The molecule has 1 aliphatic heterocycles. The second kappa shape index (κ2) is 11.1. The van der Waals surface area contributed by atoms with Crippen molar-refractivity contribution in [3.05, 3.63) is 53.0 Å². The molecule has 0 unspecified atom stereocenters. The minimum atomic E-state index is 0.166. The maximum absolute atomic E-state index is 4.72. The average Bonchev–Trinajstić information content (AvgIpc) is 2.73. The summed E-state index contributed by atoms with van der Waals surface area (Å²) < 4.78 is 0. The fourth-order valence-corrected chi connectivity index (χ4v) is 4.25. The molecule has 0 amide bonds. The molecular weight excluding hydrogens is 406 g/mol. The molecule has 0 aliphatic carbocycles. The first kappa shape index (κ1) is 25.2. The smallest absolute Gasteiger partial charge is 0.132 e. The van der Waals surface area contributed by atoms with Crippen LogP contribution in [0.5, 0.6) is 0 Å². The number of aromatic nitrogens is 2. The number of nitrogens with zero attached hydrogens (tertiary/aromatic N) is 5. The number of hydrogen-bond acceptors (Lipinski definition) is 5. The number of rotatable bonds is 6. The zero-order chi connectivity index (χ0) is 24.0. The van der Waals surface area contributed by atoms with Gasteiger partial charge in [0.1, 0.15) is 11.6 Å². The van der Waals surface area contributed by atoms with E-state index in [1.165, 1.54) is 5.56 Å². The number of anilines is 1. The minimum Gasteiger partial charge on any atom is -0.352 e. The van der Waals surface area contributed by atoms with Crippen LogP contribution in [0.15, 0.2) is 30.3 Å². The molecule has 1 fully saturated rings. The minimum absolute atomic E-state index is 0.166. The molecule has 2 aromatic rings. The van der Waals surface area contributed by atoms with Crippen LogP contribution in [0.25, 0.3) is 0 Å². The molecular formula is C28H41N5. The second-order valence-electron chi connectivity index (χ2n) is 10.7. The summed E-state index contributed by atoms with van der Waals surface area (Å²) in [7, 11) is 0. The highest BCUT2D eigenvalue weighted by atomic mass is 15.3. The zero-order valence-corrected chi connectivity index (χ0v) is 21.6. The van der Waals surface area contributed by atoms with Crippen molar-refractivity contribution >= 4 is 5.82 Å². The normalized spacial score (nSPS) is 15.4. The van der Waals surface area contributed by atoms with Gasteiger partial charge >= 0.3 is 0 Å². The molecule has 0 N–H and O–H groups in total. The summed E-state index contributed by atoms with van der Waals surface area (Å²) in [5, 5.41) is 0. The standard InChI is InChI=1S/C28H41N5/c1-22(2)32-17-15-31(16-18-32)14-8-9-25-10-12-26(13-11-25)20-33(21-28(5,6)7)27-19-23(3)29-24(4)30-27/h10-13,19,22H,14-18,20-21H2,1-7H3. The molecule has 2 heterocycles. The Morgan fingerprint density at radius 1 is 1.00 bits per heavy atom. The van der Waals surface area contributed by atoms with E-state index < -0.39 is 0 Å². The molecule has 0 bridgehead atoms. The first-order valence-corrected chi connectivity index (χ1v) is 12.2. The maximum Gasteiger partial charge on any atom is 0.132 e. The van der Waals surface area contributed by atoms with Crippen molar-refractivity contribution in [2.24, 2.45) is 5.41 Å². The molecule has 0 radical (unpaired) electrons. The third kappa shape index (κ3) is 8.14. The molecule has 3 rings (SSSR count). The highest BCUT2D eigenvalue weighted by molar-refractivity contribution is 5.43. The van der Waals surface area contributed by atoms with Gasteiger partial charge in [-0.05, 0) is 50.8 Å². The lowest BCUT2D eigenvalue weighted by atomic mass is 9.95. The van der Waals surface area contributed by atoms with Gasteiger partial charge in [-0.15, -0.1) is 0 Å². The van der Waals surface area contributed by atoms with Crippen molar-refractivity contribution < 1.29 is 0 Å². The Kier molecular flexibility index (Phi) is 8.51. The van der Waals surface area contributed by atoms with E-state index in [4.69, 9.17) is 4.98 Å². The van der Waals surface area contributed by atoms with Crippen molar-refractivity contribution in [1.29, 1.82) is 0 Å². The number of benzene rings is 1. The van der Waals surface area contributed by atoms with Gasteiger partial charge in [0.25, 0.3) is 0 Å². The van der Waals surface area contributed by atoms with E-state index >= 15 is 0 Å². The molecule has 0 atom stereocenters. The summed E-state index contributed by atoms with van der Waals surface area (Å²) in [6, 6.07) is 11.4. The first-order valence-electron chi connectivity index (χ1n) is 12.2. The van der Waals surface area contributed by atoms with E-state index in [-0.39, 0.29) is 5.41 Å². The van der Waals surface area contributed by atoms with E-state index in [0.29, 0.717) is 6.04 Å². The van der Waals surface area contributed by atoms with Crippen molar-refractivity contribution in [2.75, 3.05) is 44.2 Å². The average molecular weight is 448 g/mol. The van der Waals surface area contributed by atoms with Gasteiger partial charge in [-0.3, -0.25) is 9.80 Å². The van der Waals surface area contributed by atoms with E-state index in [2.05, 4.69) is 96.5 Å². The Morgan fingerprint density at radius 3 is 2.24 bits per heavy atom. The summed E-state index contributed by atoms with van der Waals surface area (Å²) in [4.78, 5) is 16.5. The van der Waals surface area contributed by atoms with Gasteiger partial charge in [0.2, 0.25) is 0 Å². The molecule has 1 aromatic carbocycles. The van der Waals surface area contributed by atoms with Crippen LogP contribution in [-0.4, -0.2) is 65.1 Å². The lowest BCUT2D eigenvalue weighted by Gasteiger charge is -2.36. The fraction of sp³-hybridized carbons (Fsp3) is 0.571. The van der Waals surface area contributed by atoms with Crippen LogP contribution in [-0.2, 0) is 6.54 Å². The van der Waals surface area contributed by atoms with Crippen molar-refractivity contribution in [3.8, 4) is 11.8 Å². The van der Waals surface area contributed by atoms with E-state index in [1.54, 1.807) is 0 Å². The number of piperazine rings is 1. The van der Waals surface area contributed by atoms with E-state index in [1.807, 2.05) is 13.8 Å².